The Morgan fingerprint density at radius 2 is 1.84 bits per heavy atom. The Labute approximate surface area is 113 Å². The number of aryl methyl sites for hydroxylation is 1. The molecule has 1 aliphatic rings. The predicted molar refractivity (Wildman–Crippen MR) is 71.9 cm³/mol. The van der Waals surface area contributed by atoms with Crippen molar-refractivity contribution >= 4 is 15.9 Å². The third-order valence-electron chi connectivity index (χ3n) is 3.37. The molecule has 6 heteroatoms. The summed E-state index contributed by atoms with van der Waals surface area (Å²) in [6.07, 6.45) is 0. The lowest BCUT2D eigenvalue weighted by Gasteiger charge is -2.18. The molecule has 1 fully saturated rings. The largest absolute Gasteiger partial charge is 0.325 e. The molecule has 0 saturated carbocycles. The molecule has 1 atom stereocenters. The summed E-state index contributed by atoms with van der Waals surface area (Å²) < 4.78 is 26.2. The molecule has 1 aromatic rings. The monoisotopic (exact) mass is 282 g/mol. The third kappa shape index (κ3) is 2.64. The molecule has 104 valence electrons. The normalized spacial score (nSPS) is 20.8. The Hall–Kier alpha value is -1.40. The average Bonchev–Trinajstić information content (AvgIpc) is 2.72. The van der Waals surface area contributed by atoms with Crippen molar-refractivity contribution in [2.45, 2.75) is 31.7 Å². The van der Waals surface area contributed by atoms with Gasteiger partial charge >= 0.3 is 0 Å². The molecule has 1 saturated heterocycles. The quantitative estimate of drug-likeness (QED) is 0.819. The minimum absolute atomic E-state index is 0.0854. The third-order valence-corrected chi connectivity index (χ3v) is 5.19. The van der Waals surface area contributed by atoms with Crippen molar-refractivity contribution in [2.24, 2.45) is 0 Å². The van der Waals surface area contributed by atoms with Gasteiger partial charge in [0.2, 0.25) is 15.9 Å². The fourth-order valence-electron chi connectivity index (χ4n) is 2.20. The highest BCUT2D eigenvalue weighted by Crippen LogP contribution is 2.22. The Bertz CT molecular complexity index is 580. The SMILES string of the molecule is CC(=O)N1CN(S(=O)(=O)c2ccc(C)cc2)CC1C. The molecule has 5 nitrogen and oxygen atoms in total. The van der Waals surface area contributed by atoms with E-state index in [1.165, 1.54) is 11.2 Å². The van der Waals surface area contributed by atoms with Crippen molar-refractivity contribution in [2.75, 3.05) is 13.2 Å². The van der Waals surface area contributed by atoms with Crippen LogP contribution in [0.4, 0.5) is 0 Å². The summed E-state index contributed by atoms with van der Waals surface area (Å²) in [5.74, 6) is -0.103. The molecular formula is C13H18N2O3S. The molecule has 0 aliphatic carbocycles. The van der Waals surface area contributed by atoms with E-state index in [0.717, 1.165) is 5.56 Å². The first kappa shape index (κ1) is 14.0. The van der Waals surface area contributed by atoms with E-state index in [-0.39, 0.29) is 23.5 Å². The van der Waals surface area contributed by atoms with E-state index in [4.69, 9.17) is 0 Å². The summed E-state index contributed by atoms with van der Waals surface area (Å²) in [7, 11) is -3.52. The van der Waals surface area contributed by atoms with Crippen LogP contribution in [0.25, 0.3) is 0 Å². The number of carbonyl (C=O) groups excluding carboxylic acids is 1. The van der Waals surface area contributed by atoms with Crippen LogP contribution in [-0.2, 0) is 14.8 Å². The lowest BCUT2D eigenvalue weighted by molar-refractivity contribution is -0.129. The van der Waals surface area contributed by atoms with Crippen LogP contribution in [0.5, 0.6) is 0 Å². The maximum Gasteiger partial charge on any atom is 0.244 e. The van der Waals surface area contributed by atoms with E-state index in [1.54, 1.807) is 29.2 Å². The maximum absolute atomic E-state index is 12.4. The molecule has 1 aliphatic heterocycles. The van der Waals surface area contributed by atoms with Gasteiger partial charge in [0.05, 0.1) is 11.6 Å². The van der Waals surface area contributed by atoms with Crippen molar-refractivity contribution in [3.8, 4) is 0 Å². The van der Waals surface area contributed by atoms with Crippen LogP contribution in [0.2, 0.25) is 0 Å². The van der Waals surface area contributed by atoms with Gasteiger partial charge in [0, 0.05) is 19.5 Å². The number of amides is 1. The number of hydrogen-bond acceptors (Lipinski definition) is 3. The first-order chi connectivity index (χ1) is 8.82. The molecule has 19 heavy (non-hydrogen) atoms. The molecular weight excluding hydrogens is 264 g/mol. The van der Waals surface area contributed by atoms with E-state index >= 15 is 0 Å². The van der Waals surface area contributed by atoms with Crippen molar-refractivity contribution in [1.82, 2.24) is 9.21 Å². The molecule has 1 unspecified atom stereocenters. The molecule has 2 rings (SSSR count). The second-order valence-electron chi connectivity index (χ2n) is 4.93. The van der Waals surface area contributed by atoms with Gasteiger partial charge < -0.3 is 4.90 Å². The predicted octanol–water partition coefficient (Wildman–Crippen LogP) is 1.19. The van der Waals surface area contributed by atoms with E-state index in [2.05, 4.69) is 0 Å². The summed E-state index contributed by atoms with van der Waals surface area (Å²) in [4.78, 5) is 13.2. The number of carbonyl (C=O) groups is 1. The minimum Gasteiger partial charge on any atom is -0.325 e. The standard InChI is InChI=1S/C13H18N2O3S/c1-10-4-6-13(7-5-10)19(17,18)14-8-11(2)15(9-14)12(3)16/h4-7,11H,8-9H2,1-3H3. The van der Waals surface area contributed by atoms with E-state index < -0.39 is 10.0 Å². The summed E-state index contributed by atoms with van der Waals surface area (Å²) in [6, 6.07) is 6.67. The van der Waals surface area contributed by atoms with Gasteiger partial charge in [-0.15, -0.1) is 0 Å². The molecule has 1 amide bonds. The van der Waals surface area contributed by atoms with E-state index in [0.29, 0.717) is 6.54 Å². The maximum atomic E-state index is 12.4. The zero-order valence-electron chi connectivity index (χ0n) is 11.3. The summed E-state index contributed by atoms with van der Waals surface area (Å²) >= 11 is 0. The van der Waals surface area contributed by atoms with Gasteiger partial charge in [-0.3, -0.25) is 4.79 Å². The second-order valence-corrected chi connectivity index (χ2v) is 6.87. The van der Waals surface area contributed by atoms with Crippen molar-refractivity contribution in [3.05, 3.63) is 29.8 Å². The smallest absolute Gasteiger partial charge is 0.244 e. The molecule has 0 bridgehead atoms. The van der Waals surface area contributed by atoms with Gasteiger partial charge in [0.1, 0.15) is 0 Å². The minimum atomic E-state index is -3.52. The number of nitrogens with zero attached hydrogens (tertiary/aromatic N) is 2. The Morgan fingerprint density at radius 1 is 1.26 bits per heavy atom. The highest BCUT2D eigenvalue weighted by molar-refractivity contribution is 7.89. The Morgan fingerprint density at radius 3 is 2.32 bits per heavy atom. The van der Waals surface area contributed by atoms with E-state index in [9.17, 15) is 13.2 Å². The van der Waals surface area contributed by atoms with Crippen LogP contribution in [0, 0.1) is 6.92 Å². The van der Waals surface area contributed by atoms with Gasteiger partial charge in [-0.05, 0) is 26.0 Å². The average molecular weight is 282 g/mol. The zero-order chi connectivity index (χ0) is 14.2. The zero-order valence-corrected chi connectivity index (χ0v) is 12.1. The molecule has 0 N–H and O–H groups in total. The van der Waals surface area contributed by atoms with Crippen LogP contribution >= 0.6 is 0 Å². The summed E-state index contributed by atoms with van der Waals surface area (Å²) in [5, 5.41) is 0. The van der Waals surface area contributed by atoms with Crippen LogP contribution in [0.15, 0.2) is 29.2 Å². The fraction of sp³-hybridized carbons (Fsp3) is 0.462. The highest BCUT2D eigenvalue weighted by Gasteiger charge is 2.36. The lowest BCUT2D eigenvalue weighted by atomic mass is 10.2. The Kier molecular flexibility index (Phi) is 3.64. The Balaban J connectivity index is 2.27. The van der Waals surface area contributed by atoms with Crippen molar-refractivity contribution < 1.29 is 13.2 Å². The van der Waals surface area contributed by atoms with Crippen molar-refractivity contribution in [1.29, 1.82) is 0 Å². The fourth-order valence-corrected chi connectivity index (χ4v) is 3.67. The van der Waals surface area contributed by atoms with Gasteiger partial charge in [-0.1, -0.05) is 17.7 Å². The van der Waals surface area contributed by atoms with Gasteiger partial charge in [0.25, 0.3) is 0 Å². The molecule has 0 spiro atoms. The van der Waals surface area contributed by atoms with E-state index in [1.807, 2.05) is 13.8 Å². The molecule has 0 radical (unpaired) electrons. The van der Waals surface area contributed by atoms with Crippen molar-refractivity contribution in [3.63, 3.8) is 0 Å². The first-order valence-electron chi connectivity index (χ1n) is 6.16. The molecule has 1 heterocycles. The molecule has 1 aromatic carbocycles. The van der Waals surface area contributed by atoms with Gasteiger partial charge in [-0.2, -0.15) is 4.31 Å². The molecule has 0 aromatic heterocycles. The number of rotatable bonds is 2. The topological polar surface area (TPSA) is 57.7 Å². The second kappa shape index (κ2) is 4.94. The van der Waals surface area contributed by atoms with Crippen LogP contribution in [0.3, 0.4) is 0 Å². The summed E-state index contributed by atoms with van der Waals surface area (Å²) in [6.45, 7) is 5.69. The number of benzene rings is 1. The summed E-state index contributed by atoms with van der Waals surface area (Å²) in [5.41, 5.74) is 1.01. The first-order valence-corrected chi connectivity index (χ1v) is 7.60. The highest BCUT2D eigenvalue weighted by atomic mass is 32.2. The number of sulfonamides is 1. The van der Waals surface area contributed by atoms with Gasteiger partial charge in [0.15, 0.2) is 0 Å². The number of hydrogen-bond donors (Lipinski definition) is 0. The van der Waals surface area contributed by atoms with Gasteiger partial charge in [-0.25, -0.2) is 8.42 Å². The van der Waals surface area contributed by atoms with Crippen LogP contribution in [0.1, 0.15) is 19.4 Å². The lowest BCUT2D eigenvalue weighted by Crippen LogP contribution is -2.34. The van der Waals surface area contributed by atoms with Crippen LogP contribution in [-0.4, -0.2) is 42.8 Å². The van der Waals surface area contributed by atoms with Crippen LogP contribution < -0.4 is 0 Å².